The lowest BCUT2D eigenvalue weighted by Gasteiger charge is -2.42. The van der Waals surface area contributed by atoms with Gasteiger partial charge in [-0.2, -0.15) is 0 Å². The van der Waals surface area contributed by atoms with Crippen LogP contribution in [0.3, 0.4) is 0 Å². The first-order valence-corrected chi connectivity index (χ1v) is 6.46. The third-order valence-electron chi connectivity index (χ3n) is 3.74. The van der Waals surface area contributed by atoms with Crippen LogP contribution in [0.4, 0.5) is 5.69 Å². The second-order valence-corrected chi connectivity index (χ2v) is 5.28. The van der Waals surface area contributed by atoms with Crippen LogP contribution in [0.25, 0.3) is 0 Å². The van der Waals surface area contributed by atoms with Gasteiger partial charge in [-0.3, -0.25) is 4.79 Å². The molecule has 1 fully saturated rings. The van der Waals surface area contributed by atoms with Crippen LogP contribution in [-0.4, -0.2) is 30.9 Å². The smallest absolute Gasteiger partial charge is 0.337 e. The summed E-state index contributed by atoms with van der Waals surface area (Å²) < 4.78 is 4.67. The van der Waals surface area contributed by atoms with Crippen molar-refractivity contribution in [3.05, 3.63) is 29.8 Å². The predicted molar refractivity (Wildman–Crippen MR) is 73.4 cm³/mol. The first-order chi connectivity index (χ1) is 8.96. The van der Waals surface area contributed by atoms with Crippen molar-refractivity contribution < 1.29 is 14.3 Å². The predicted octanol–water partition coefficient (Wildman–Crippen LogP) is 2.42. The van der Waals surface area contributed by atoms with E-state index in [4.69, 9.17) is 0 Å². The highest BCUT2D eigenvalue weighted by Crippen LogP contribution is 2.30. The normalized spacial score (nSPS) is 18.3. The summed E-state index contributed by atoms with van der Waals surface area (Å²) in [5, 5.41) is 0. The quantitative estimate of drug-likeness (QED) is 0.767. The molecule has 1 aromatic rings. The number of nitrogens with zero attached hydrogens (tertiary/aromatic N) is 1. The average Bonchev–Trinajstić information content (AvgIpc) is 2.41. The van der Waals surface area contributed by atoms with E-state index in [0.29, 0.717) is 12.0 Å². The summed E-state index contributed by atoms with van der Waals surface area (Å²) in [6, 6.07) is 7.20. The molecule has 0 N–H and O–H groups in total. The Bertz CT molecular complexity index is 491. The zero-order valence-corrected chi connectivity index (χ0v) is 11.6. The third kappa shape index (κ3) is 2.48. The number of esters is 1. The maximum Gasteiger partial charge on any atom is 0.337 e. The number of ketones is 1. The topological polar surface area (TPSA) is 46.6 Å². The number of carbonyl (C=O) groups is 2. The van der Waals surface area contributed by atoms with E-state index in [9.17, 15) is 9.59 Å². The van der Waals surface area contributed by atoms with Gasteiger partial charge in [-0.25, -0.2) is 4.79 Å². The maximum atomic E-state index is 12.0. The fourth-order valence-corrected chi connectivity index (χ4v) is 2.48. The van der Waals surface area contributed by atoms with Gasteiger partial charge >= 0.3 is 5.97 Å². The summed E-state index contributed by atoms with van der Waals surface area (Å²) in [6.45, 7) is 4.75. The van der Waals surface area contributed by atoms with Crippen LogP contribution in [0.15, 0.2) is 24.3 Å². The molecule has 4 nitrogen and oxygen atoms in total. The highest BCUT2D eigenvalue weighted by molar-refractivity contribution is 5.93. The van der Waals surface area contributed by atoms with E-state index in [-0.39, 0.29) is 11.8 Å². The minimum atomic E-state index is -0.481. The molecule has 1 aliphatic rings. The third-order valence-corrected chi connectivity index (χ3v) is 3.74. The molecule has 2 rings (SSSR count). The monoisotopic (exact) mass is 261 g/mol. The van der Waals surface area contributed by atoms with E-state index in [2.05, 4.69) is 9.64 Å². The molecule has 4 heteroatoms. The minimum Gasteiger partial charge on any atom is -0.465 e. The van der Waals surface area contributed by atoms with Gasteiger partial charge in [-0.1, -0.05) is 0 Å². The molecule has 1 aliphatic heterocycles. The van der Waals surface area contributed by atoms with Gasteiger partial charge < -0.3 is 9.64 Å². The van der Waals surface area contributed by atoms with Crippen molar-refractivity contribution in [1.29, 1.82) is 0 Å². The Kier molecular flexibility index (Phi) is 3.60. The molecule has 0 aromatic heterocycles. The molecule has 0 unspecified atom stereocenters. The largest absolute Gasteiger partial charge is 0.465 e. The van der Waals surface area contributed by atoms with Gasteiger partial charge in [0, 0.05) is 18.7 Å². The lowest BCUT2D eigenvalue weighted by Crippen LogP contribution is -2.54. The zero-order valence-electron chi connectivity index (χ0n) is 11.6. The number of hydrogen-bond donors (Lipinski definition) is 0. The van der Waals surface area contributed by atoms with Gasteiger partial charge in [0.25, 0.3) is 0 Å². The molecule has 0 bridgehead atoms. The Morgan fingerprint density at radius 1 is 1.26 bits per heavy atom. The van der Waals surface area contributed by atoms with Crippen LogP contribution in [-0.2, 0) is 9.53 Å². The summed E-state index contributed by atoms with van der Waals surface area (Å²) in [7, 11) is 1.36. The second-order valence-electron chi connectivity index (χ2n) is 5.28. The fourth-order valence-electron chi connectivity index (χ4n) is 2.48. The number of methoxy groups -OCH3 is 1. The van der Waals surface area contributed by atoms with E-state index in [1.165, 1.54) is 7.11 Å². The summed E-state index contributed by atoms with van der Waals surface area (Å²) in [4.78, 5) is 25.5. The van der Waals surface area contributed by atoms with Crippen LogP contribution in [0.2, 0.25) is 0 Å². The number of piperidine rings is 1. The maximum absolute atomic E-state index is 12.0. The van der Waals surface area contributed by atoms with Crippen LogP contribution in [0, 0.1) is 0 Å². The molecule has 19 heavy (non-hydrogen) atoms. The lowest BCUT2D eigenvalue weighted by atomic mass is 9.88. The number of Topliss-reactive ketones (excluding diaryl/α,β-unsaturated/α-hetero) is 1. The van der Waals surface area contributed by atoms with E-state index in [1.54, 1.807) is 12.1 Å². The molecular weight excluding hydrogens is 242 g/mol. The van der Waals surface area contributed by atoms with E-state index in [1.807, 2.05) is 26.0 Å². The Balaban J connectivity index is 2.26. The SMILES string of the molecule is COC(=O)c1ccc(N2CCCC(=O)C2(C)C)cc1. The molecule has 0 atom stereocenters. The Morgan fingerprint density at radius 2 is 1.89 bits per heavy atom. The van der Waals surface area contributed by atoms with E-state index in [0.717, 1.165) is 18.7 Å². The molecule has 102 valence electrons. The van der Waals surface area contributed by atoms with Crippen molar-refractivity contribution >= 4 is 17.4 Å². The van der Waals surface area contributed by atoms with Crippen molar-refractivity contribution in [2.45, 2.75) is 32.2 Å². The minimum absolute atomic E-state index is 0.260. The van der Waals surface area contributed by atoms with Gasteiger partial charge in [0.15, 0.2) is 5.78 Å². The number of benzene rings is 1. The standard InChI is InChI=1S/C15H19NO3/c1-15(2)13(17)5-4-10-16(15)12-8-6-11(7-9-12)14(18)19-3/h6-9H,4-5,10H2,1-3H3. The number of anilines is 1. The van der Waals surface area contributed by atoms with Gasteiger partial charge in [-0.05, 0) is 44.5 Å². The van der Waals surface area contributed by atoms with Crippen molar-refractivity contribution in [2.24, 2.45) is 0 Å². The van der Waals surface area contributed by atoms with Crippen LogP contribution in [0.5, 0.6) is 0 Å². The van der Waals surface area contributed by atoms with Crippen molar-refractivity contribution in [3.8, 4) is 0 Å². The zero-order chi connectivity index (χ0) is 14.0. The first kappa shape index (κ1) is 13.6. The van der Waals surface area contributed by atoms with Gasteiger partial charge in [0.1, 0.15) is 0 Å². The van der Waals surface area contributed by atoms with E-state index >= 15 is 0 Å². The number of hydrogen-bond acceptors (Lipinski definition) is 4. The molecule has 1 aromatic carbocycles. The molecule has 1 saturated heterocycles. The summed E-state index contributed by atoms with van der Waals surface area (Å²) in [5.41, 5.74) is 1.00. The molecule has 0 saturated carbocycles. The van der Waals surface area contributed by atoms with Crippen LogP contribution < -0.4 is 4.90 Å². The van der Waals surface area contributed by atoms with Crippen molar-refractivity contribution in [1.82, 2.24) is 0 Å². The lowest BCUT2D eigenvalue weighted by molar-refractivity contribution is -0.124. The highest BCUT2D eigenvalue weighted by atomic mass is 16.5. The van der Waals surface area contributed by atoms with Gasteiger partial charge in [0.2, 0.25) is 0 Å². The number of rotatable bonds is 2. The van der Waals surface area contributed by atoms with Crippen molar-refractivity contribution in [2.75, 3.05) is 18.6 Å². The Morgan fingerprint density at radius 3 is 2.47 bits per heavy atom. The molecular formula is C15H19NO3. The van der Waals surface area contributed by atoms with Crippen LogP contribution >= 0.6 is 0 Å². The summed E-state index contributed by atoms with van der Waals surface area (Å²) >= 11 is 0. The van der Waals surface area contributed by atoms with Gasteiger partial charge in [-0.15, -0.1) is 0 Å². The van der Waals surface area contributed by atoms with Crippen molar-refractivity contribution in [3.63, 3.8) is 0 Å². The number of carbonyl (C=O) groups excluding carboxylic acids is 2. The molecule has 0 radical (unpaired) electrons. The average molecular weight is 261 g/mol. The van der Waals surface area contributed by atoms with Gasteiger partial charge in [0.05, 0.1) is 18.2 Å². The highest BCUT2D eigenvalue weighted by Gasteiger charge is 2.37. The second kappa shape index (κ2) is 5.03. The fraction of sp³-hybridized carbons (Fsp3) is 0.467. The molecule has 1 heterocycles. The Labute approximate surface area is 113 Å². The molecule has 0 amide bonds. The first-order valence-electron chi connectivity index (χ1n) is 6.46. The number of ether oxygens (including phenoxy) is 1. The summed E-state index contributed by atoms with van der Waals surface area (Å²) in [6.07, 6.45) is 1.52. The van der Waals surface area contributed by atoms with E-state index < -0.39 is 5.54 Å². The van der Waals surface area contributed by atoms with Crippen LogP contribution in [0.1, 0.15) is 37.0 Å². The summed E-state index contributed by atoms with van der Waals surface area (Å²) in [5.74, 6) is -0.0867. The molecule has 0 aliphatic carbocycles. The molecule has 0 spiro atoms. The Hall–Kier alpha value is -1.84.